The number of para-hydroxylation sites is 2. The van der Waals surface area contributed by atoms with Gasteiger partial charge in [-0.1, -0.05) is 23.9 Å². The van der Waals surface area contributed by atoms with Gasteiger partial charge in [0.05, 0.1) is 17.4 Å². The summed E-state index contributed by atoms with van der Waals surface area (Å²) in [6.45, 7) is 3.95. The third-order valence-corrected chi connectivity index (χ3v) is 4.72. The quantitative estimate of drug-likeness (QED) is 0.453. The number of ether oxygens (including phenoxy) is 1. The lowest BCUT2D eigenvalue weighted by atomic mass is 10.1. The Bertz CT molecular complexity index is 964. The van der Waals surface area contributed by atoms with Gasteiger partial charge in [-0.3, -0.25) is 4.79 Å². The molecule has 0 amide bonds. The van der Waals surface area contributed by atoms with Crippen LogP contribution in [-0.4, -0.2) is 37.8 Å². The number of carbonyl (C=O) groups excluding carboxylic acids is 1. The van der Waals surface area contributed by atoms with E-state index >= 15 is 0 Å². The summed E-state index contributed by atoms with van der Waals surface area (Å²) in [6, 6.07) is 10.1. The highest BCUT2D eigenvalue weighted by Gasteiger charge is 2.23. The average molecular weight is 390 g/mol. The standard InChI is InChI=1S/C18H16F2N4O2S/c1-3-26-16-7-5-4-6-15(16)24-18(21-22-23-24)27-11(2)17(25)13-9-8-12(19)10-14(13)20/h4-11H,3H2,1-2H3. The predicted molar refractivity (Wildman–Crippen MR) is 96.3 cm³/mol. The first kappa shape index (κ1) is 19.0. The number of nitrogens with zero attached hydrogens (tertiary/aromatic N) is 4. The number of aromatic nitrogens is 4. The molecule has 1 aromatic heterocycles. The molecule has 140 valence electrons. The van der Waals surface area contributed by atoms with Crippen LogP contribution in [0.4, 0.5) is 8.78 Å². The van der Waals surface area contributed by atoms with Gasteiger partial charge in [0.2, 0.25) is 5.16 Å². The van der Waals surface area contributed by atoms with E-state index in [9.17, 15) is 13.6 Å². The van der Waals surface area contributed by atoms with E-state index in [-0.39, 0.29) is 5.56 Å². The Hall–Kier alpha value is -2.81. The van der Waals surface area contributed by atoms with Gasteiger partial charge in [0.15, 0.2) is 5.78 Å². The van der Waals surface area contributed by atoms with Gasteiger partial charge in [0.25, 0.3) is 0 Å². The zero-order valence-electron chi connectivity index (χ0n) is 14.6. The second-order valence-electron chi connectivity index (χ2n) is 5.52. The molecule has 0 saturated heterocycles. The number of benzene rings is 2. The lowest BCUT2D eigenvalue weighted by Gasteiger charge is -2.13. The minimum atomic E-state index is -0.895. The van der Waals surface area contributed by atoms with Crippen molar-refractivity contribution in [1.82, 2.24) is 20.2 Å². The summed E-state index contributed by atoms with van der Waals surface area (Å²) >= 11 is 1.08. The number of ketones is 1. The molecule has 1 heterocycles. The molecule has 0 aliphatic rings. The van der Waals surface area contributed by atoms with Gasteiger partial charge in [-0.2, -0.15) is 4.68 Å². The fraction of sp³-hybridized carbons (Fsp3) is 0.222. The van der Waals surface area contributed by atoms with Crippen LogP contribution in [0.2, 0.25) is 0 Å². The van der Waals surface area contributed by atoms with E-state index in [1.54, 1.807) is 19.1 Å². The average Bonchev–Trinajstić information content (AvgIpc) is 3.10. The Balaban J connectivity index is 1.85. The zero-order chi connectivity index (χ0) is 19.4. The molecule has 0 N–H and O–H groups in total. The van der Waals surface area contributed by atoms with Crippen molar-refractivity contribution < 1.29 is 18.3 Å². The molecule has 27 heavy (non-hydrogen) atoms. The van der Waals surface area contributed by atoms with E-state index in [4.69, 9.17) is 4.74 Å². The second kappa shape index (κ2) is 8.26. The summed E-state index contributed by atoms with van der Waals surface area (Å²) in [5.41, 5.74) is 0.449. The molecule has 0 fully saturated rings. The summed E-state index contributed by atoms with van der Waals surface area (Å²) in [4.78, 5) is 12.5. The summed E-state index contributed by atoms with van der Waals surface area (Å²) in [6.07, 6.45) is 0. The van der Waals surface area contributed by atoms with Crippen LogP contribution >= 0.6 is 11.8 Å². The highest BCUT2D eigenvalue weighted by Crippen LogP contribution is 2.29. The summed E-state index contributed by atoms with van der Waals surface area (Å²) in [5.74, 6) is -1.52. The third-order valence-electron chi connectivity index (χ3n) is 3.68. The fourth-order valence-electron chi connectivity index (χ4n) is 2.43. The van der Waals surface area contributed by atoms with Crippen LogP contribution in [0.25, 0.3) is 5.69 Å². The largest absolute Gasteiger partial charge is 0.492 e. The minimum Gasteiger partial charge on any atom is -0.492 e. The van der Waals surface area contributed by atoms with E-state index < -0.39 is 22.7 Å². The topological polar surface area (TPSA) is 69.9 Å². The van der Waals surface area contributed by atoms with Crippen molar-refractivity contribution >= 4 is 17.5 Å². The molecular formula is C18H16F2N4O2S. The Morgan fingerprint density at radius 3 is 2.78 bits per heavy atom. The van der Waals surface area contributed by atoms with Crippen molar-refractivity contribution in [3.63, 3.8) is 0 Å². The highest BCUT2D eigenvalue weighted by atomic mass is 32.2. The van der Waals surface area contributed by atoms with Crippen LogP contribution in [0.3, 0.4) is 0 Å². The van der Waals surface area contributed by atoms with Crippen molar-refractivity contribution in [2.45, 2.75) is 24.3 Å². The van der Waals surface area contributed by atoms with Gasteiger partial charge in [0, 0.05) is 6.07 Å². The van der Waals surface area contributed by atoms with E-state index in [0.717, 1.165) is 23.9 Å². The molecule has 1 atom stereocenters. The monoisotopic (exact) mass is 390 g/mol. The van der Waals surface area contributed by atoms with Crippen molar-refractivity contribution in [2.24, 2.45) is 0 Å². The van der Waals surface area contributed by atoms with E-state index in [2.05, 4.69) is 15.5 Å². The van der Waals surface area contributed by atoms with E-state index in [0.29, 0.717) is 29.3 Å². The molecule has 1 unspecified atom stereocenters. The van der Waals surface area contributed by atoms with Crippen LogP contribution in [0.5, 0.6) is 5.75 Å². The minimum absolute atomic E-state index is 0.176. The number of tetrazole rings is 1. The molecule has 2 aromatic carbocycles. The van der Waals surface area contributed by atoms with Crippen LogP contribution < -0.4 is 4.74 Å². The molecule has 0 aliphatic carbocycles. The molecule has 9 heteroatoms. The lowest BCUT2D eigenvalue weighted by molar-refractivity contribution is 0.0990. The first-order valence-electron chi connectivity index (χ1n) is 8.17. The van der Waals surface area contributed by atoms with Crippen molar-refractivity contribution in [3.05, 3.63) is 59.7 Å². The first-order valence-corrected chi connectivity index (χ1v) is 9.05. The number of carbonyl (C=O) groups is 1. The highest BCUT2D eigenvalue weighted by molar-refractivity contribution is 8.00. The van der Waals surface area contributed by atoms with E-state index in [1.807, 2.05) is 19.1 Å². The zero-order valence-corrected chi connectivity index (χ0v) is 15.4. The predicted octanol–water partition coefficient (Wildman–Crippen LogP) is 3.70. The molecule has 3 rings (SSSR count). The lowest BCUT2D eigenvalue weighted by Crippen LogP contribution is -2.16. The van der Waals surface area contributed by atoms with Crippen molar-refractivity contribution in [3.8, 4) is 11.4 Å². The molecule has 0 saturated carbocycles. The van der Waals surface area contributed by atoms with Crippen LogP contribution in [0.1, 0.15) is 24.2 Å². The van der Waals surface area contributed by atoms with Gasteiger partial charge in [-0.05, 0) is 48.5 Å². The van der Waals surface area contributed by atoms with Crippen LogP contribution in [0, 0.1) is 11.6 Å². The molecule has 0 bridgehead atoms. The number of Topliss-reactive ketones (excluding diaryl/α,β-unsaturated/α-hetero) is 1. The van der Waals surface area contributed by atoms with Gasteiger partial charge < -0.3 is 4.74 Å². The van der Waals surface area contributed by atoms with Crippen LogP contribution in [-0.2, 0) is 0 Å². The van der Waals surface area contributed by atoms with Crippen LogP contribution in [0.15, 0.2) is 47.6 Å². The number of thioether (sulfide) groups is 1. The molecular weight excluding hydrogens is 374 g/mol. The molecule has 0 spiro atoms. The Labute approximate surface area is 158 Å². The Morgan fingerprint density at radius 2 is 2.04 bits per heavy atom. The second-order valence-corrected chi connectivity index (χ2v) is 6.83. The molecule has 6 nitrogen and oxygen atoms in total. The van der Waals surface area contributed by atoms with Gasteiger partial charge in [-0.15, -0.1) is 5.10 Å². The normalized spacial score (nSPS) is 12.0. The number of rotatable bonds is 7. The molecule has 0 aliphatic heterocycles. The number of halogens is 2. The van der Waals surface area contributed by atoms with Gasteiger partial charge in [0.1, 0.15) is 23.1 Å². The number of hydrogen-bond donors (Lipinski definition) is 0. The van der Waals surface area contributed by atoms with Crippen molar-refractivity contribution in [2.75, 3.05) is 6.61 Å². The van der Waals surface area contributed by atoms with E-state index in [1.165, 1.54) is 4.68 Å². The molecule has 3 aromatic rings. The van der Waals surface area contributed by atoms with Gasteiger partial charge >= 0.3 is 0 Å². The van der Waals surface area contributed by atoms with Gasteiger partial charge in [-0.25, -0.2) is 8.78 Å². The SMILES string of the molecule is CCOc1ccccc1-n1nnnc1SC(C)C(=O)c1ccc(F)cc1F. The maximum absolute atomic E-state index is 13.9. The third kappa shape index (κ3) is 4.13. The Kier molecular flexibility index (Phi) is 5.80. The summed E-state index contributed by atoms with van der Waals surface area (Å²) in [7, 11) is 0. The number of hydrogen-bond acceptors (Lipinski definition) is 6. The van der Waals surface area contributed by atoms with Crippen molar-refractivity contribution in [1.29, 1.82) is 0 Å². The maximum atomic E-state index is 13.9. The summed E-state index contributed by atoms with van der Waals surface area (Å²) in [5, 5.41) is 11.2. The maximum Gasteiger partial charge on any atom is 0.214 e. The first-order chi connectivity index (χ1) is 13.0. The molecule has 0 radical (unpaired) electrons. The smallest absolute Gasteiger partial charge is 0.214 e. The Morgan fingerprint density at radius 1 is 1.26 bits per heavy atom. The fourth-order valence-corrected chi connectivity index (χ4v) is 3.30. The summed E-state index contributed by atoms with van der Waals surface area (Å²) < 4.78 is 34.0.